The minimum atomic E-state index is 0.729. The van der Waals surface area contributed by atoms with E-state index >= 15 is 0 Å². The molecule has 0 aliphatic carbocycles. The fourth-order valence-corrected chi connectivity index (χ4v) is 2.58. The van der Waals surface area contributed by atoms with Crippen molar-refractivity contribution in [1.82, 2.24) is 9.55 Å². The minimum absolute atomic E-state index is 0.729. The highest BCUT2D eigenvalue weighted by Crippen LogP contribution is 2.26. The van der Waals surface area contributed by atoms with E-state index < -0.39 is 0 Å². The predicted octanol–water partition coefficient (Wildman–Crippen LogP) is 3.62. The number of halogens is 2. The topological polar surface area (TPSA) is 33.1 Å². The molecule has 1 heterocycles. The summed E-state index contributed by atoms with van der Waals surface area (Å²) in [6.45, 7) is 0.729. The highest BCUT2D eigenvalue weighted by Gasteiger charge is 2.08. The molecule has 1 N–H and O–H groups in total. The zero-order chi connectivity index (χ0) is 14.0. The third-order valence-corrected chi connectivity index (χ3v) is 4.03. The summed E-state index contributed by atoms with van der Waals surface area (Å²) in [5, 5.41) is 3.41. The molecule has 1 aromatic heterocycles. The second-order valence-corrected chi connectivity index (χ2v) is 6.25. The molecule has 0 saturated carbocycles. The van der Waals surface area contributed by atoms with Crippen molar-refractivity contribution in [3.63, 3.8) is 0 Å². The van der Waals surface area contributed by atoms with Crippen molar-refractivity contribution in [3.8, 4) is 0 Å². The molecule has 0 radical (unpaired) electrons. The lowest BCUT2D eigenvalue weighted by molar-refractivity contribution is 0.814. The summed E-state index contributed by atoms with van der Waals surface area (Å²) in [5.74, 6) is 0.949. The van der Waals surface area contributed by atoms with Crippen LogP contribution in [0.3, 0.4) is 0 Å². The van der Waals surface area contributed by atoms with Crippen molar-refractivity contribution in [2.24, 2.45) is 7.05 Å². The van der Waals surface area contributed by atoms with Crippen molar-refractivity contribution < 1.29 is 0 Å². The van der Waals surface area contributed by atoms with Gasteiger partial charge in [0.05, 0.1) is 18.4 Å². The van der Waals surface area contributed by atoms with Crippen molar-refractivity contribution >= 4 is 43.5 Å². The van der Waals surface area contributed by atoms with Crippen molar-refractivity contribution in [1.29, 1.82) is 0 Å². The van der Waals surface area contributed by atoms with Gasteiger partial charge >= 0.3 is 0 Å². The fraction of sp³-hybridized carbons (Fsp3) is 0.308. The van der Waals surface area contributed by atoms with Gasteiger partial charge in [0.2, 0.25) is 5.95 Å². The molecular formula is C13H16Br2N4. The Morgan fingerprint density at radius 2 is 2.05 bits per heavy atom. The lowest BCUT2D eigenvalue weighted by atomic mass is 10.3. The molecule has 0 bridgehead atoms. The molecule has 0 unspecified atom stereocenters. The third-order valence-electron chi connectivity index (χ3n) is 2.85. The molecule has 2 aromatic rings. The van der Waals surface area contributed by atoms with E-state index in [1.165, 1.54) is 0 Å². The van der Waals surface area contributed by atoms with E-state index in [0.29, 0.717) is 0 Å². The van der Waals surface area contributed by atoms with E-state index in [0.717, 1.165) is 32.8 Å². The van der Waals surface area contributed by atoms with Crippen molar-refractivity contribution in [3.05, 3.63) is 39.0 Å². The largest absolute Gasteiger partial charge is 0.378 e. The van der Waals surface area contributed by atoms with E-state index in [9.17, 15) is 0 Å². The van der Waals surface area contributed by atoms with Gasteiger partial charge in [0.25, 0.3) is 0 Å². The molecule has 0 saturated heterocycles. The van der Waals surface area contributed by atoms with Crippen LogP contribution in [0.4, 0.5) is 11.6 Å². The number of hydrogen-bond acceptors (Lipinski definition) is 3. The van der Waals surface area contributed by atoms with Crippen LogP contribution >= 0.6 is 31.9 Å². The Bertz CT molecular complexity index is 578. The summed E-state index contributed by atoms with van der Waals surface area (Å²) < 4.78 is 4.18. The van der Waals surface area contributed by atoms with Crippen LogP contribution in [0, 0.1) is 0 Å². The highest BCUT2D eigenvalue weighted by atomic mass is 79.9. The van der Waals surface area contributed by atoms with Crippen LogP contribution in [0.25, 0.3) is 0 Å². The summed E-state index contributed by atoms with van der Waals surface area (Å²) in [6, 6.07) is 6.07. The Labute approximate surface area is 130 Å². The lowest BCUT2D eigenvalue weighted by Crippen LogP contribution is -2.15. The molecule has 4 nitrogen and oxygen atoms in total. The van der Waals surface area contributed by atoms with Crippen LogP contribution in [0.15, 0.2) is 33.3 Å². The monoisotopic (exact) mass is 386 g/mol. The summed E-state index contributed by atoms with van der Waals surface area (Å²) in [6.07, 6.45) is 1.90. The van der Waals surface area contributed by atoms with E-state index in [1.54, 1.807) is 0 Å². The predicted molar refractivity (Wildman–Crippen MR) is 86.7 cm³/mol. The van der Waals surface area contributed by atoms with Crippen LogP contribution in [-0.2, 0) is 13.6 Å². The van der Waals surface area contributed by atoms with Gasteiger partial charge in [0.15, 0.2) is 0 Å². The minimum Gasteiger partial charge on any atom is -0.378 e. The van der Waals surface area contributed by atoms with Gasteiger partial charge in [-0.1, -0.05) is 15.9 Å². The van der Waals surface area contributed by atoms with E-state index in [1.807, 2.05) is 50.4 Å². The molecule has 0 amide bonds. The average molecular weight is 388 g/mol. The lowest BCUT2D eigenvalue weighted by Gasteiger charge is -2.13. The van der Waals surface area contributed by atoms with Crippen LogP contribution < -0.4 is 10.2 Å². The molecule has 0 fully saturated rings. The molecule has 0 aliphatic rings. The summed E-state index contributed by atoms with van der Waals surface area (Å²) in [4.78, 5) is 6.39. The number of anilines is 2. The Morgan fingerprint density at radius 3 is 2.68 bits per heavy atom. The Hall–Kier alpha value is -1.01. The van der Waals surface area contributed by atoms with E-state index in [2.05, 4.69) is 46.7 Å². The van der Waals surface area contributed by atoms with Gasteiger partial charge in [-0.15, -0.1) is 0 Å². The van der Waals surface area contributed by atoms with Crippen molar-refractivity contribution in [2.75, 3.05) is 24.3 Å². The second kappa shape index (κ2) is 5.96. The van der Waals surface area contributed by atoms with Crippen LogP contribution in [0.5, 0.6) is 0 Å². The smallest absolute Gasteiger partial charge is 0.204 e. The first kappa shape index (κ1) is 14.4. The van der Waals surface area contributed by atoms with E-state index in [4.69, 9.17) is 0 Å². The van der Waals surface area contributed by atoms with Crippen LogP contribution in [-0.4, -0.2) is 23.6 Å². The van der Waals surface area contributed by atoms with Crippen molar-refractivity contribution in [2.45, 2.75) is 6.54 Å². The van der Waals surface area contributed by atoms with Gasteiger partial charge < -0.3 is 14.8 Å². The maximum absolute atomic E-state index is 4.40. The van der Waals surface area contributed by atoms with Gasteiger partial charge in [-0.05, 0) is 34.1 Å². The molecule has 19 heavy (non-hydrogen) atoms. The number of imidazole rings is 1. The molecule has 1 aromatic carbocycles. The van der Waals surface area contributed by atoms with Crippen LogP contribution in [0.1, 0.15) is 5.69 Å². The second-order valence-electron chi connectivity index (χ2n) is 4.48. The maximum atomic E-state index is 4.40. The molecule has 6 heteroatoms. The van der Waals surface area contributed by atoms with E-state index in [-0.39, 0.29) is 0 Å². The first-order valence-corrected chi connectivity index (χ1v) is 7.44. The zero-order valence-corrected chi connectivity index (χ0v) is 14.3. The Morgan fingerprint density at radius 1 is 1.32 bits per heavy atom. The standard InChI is InChI=1S/C13H16Br2N4/c1-18(2)13-17-8-10(19(13)3)7-16-12-6-9(14)4-5-11(12)15/h4-6,8,16H,7H2,1-3H3. The van der Waals surface area contributed by atoms with Gasteiger partial charge in [0.1, 0.15) is 0 Å². The molecule has 0 aliphatic heterocycles. The third kappa shape index (κ3) is 3.30. The summed E-state index contributed by atoms with van der Waals surface area (Å²) in [7, 11) is 6.00. The zero-order valence-electron chi connectivity index (χ0n) is 11.1. The summed E-state index contributed by atoms with van der Waals surface area (Å²) >= 11 is 7.01. The van der Waals surface area contributed by atoms with Gasteiger partial charge in [-0.2, -0.15) is 0 Å². The Balaban J connectivity index is 2.12. The van der Waals surface area contributed by atoms with Gasteiger partial charge in [-0.25, -0.2) is 4.98 Å². The molecule has 102 valence electrons. The Kier molecular flexibility index (Phi) is 4.52. The number of benzene rings is 1. The number of nitrogens with one attached hydrogen (secondary N) is 1. The molecule has 2 rings (SSSR count). The number of rotatable bonds is 4. The maximum Gasteiger partial charge on any atom is 0.204 e. The molecule has 0 atom stereocenters. The number of nitrogens with zero attached hydrogens (tertiary/aromatic N) is 3. The van der Waals surface area contributed by atoms with Gasteiger partial charge in [0, 0.05) is 35.8 Å². The molecule has 0 spiro atoms. The average Bonchev–Trinajstić information content (AvgIpc) is 2.72. The number of aromatic nitrogens is 2. The summed E-state index contributed by atoms with van der Waals surface area (Å²) in [5.41, 5.74) is 2.19. The van der Waals surface area contributed by atoms with Gasteiger partial charge in [-0.3, -0.25) is 0 Å². The van der Waals surface area contributed by atoms with Crippen LogP contribution in [0.2, 0.25) is 0 Å². The first-order chi connectivity index (χ1) is 8.99. The highest BCUT2D eigenvalue weighted by molar-refractivity contribution is 9.11. The first-order valence-electron chi connectivity index (χ1n) is 5.86. The SMILES string of the molecule is CN(C)c1ncc(CNc2cc(Br)ccc2Br)n1C. The normalized spacial score (nSPS) is 10.6. The number of hydrogen-bond donors (Lipinski definition) is 1. The quantitative estimate of drug-likeness (QED) is 0.869. The molecular weight excluding hydrogens is 372 g/mol. The fourth-order valence-electron chi connectivity index (χ4n) is 1.83.